The highest BCUT2D eigenvalue weighted by Gasteiger charge is 2.18. The molecule has 1 saturated heterocycles. The average molecular weight is 255 g/mol. The second-order valence-electron chi connectivity index (χ2n) is 4.88. The molecule has 0 radical (unpaired) electrons. The van der Waals surface area contributed by atoms with Crippen LogP contribution < -0.4 is 5.32 Å². The summed E-state index contributed by atoms with van der Waals surface area (Å²) in [5.74, 6) is -1.03. The Bertz CT molecular complexity index is 403. The molecule has 0 aromatic heterocycles. The van der Waals surface area contributed by atoms with Gasteiger partial charge in [-0.1, -0.05) is 6.07 Å². The molecule has 0 atom stereocenters. The van der Waals surface area contributed by atoms with Gasteiger partial charge in [0, 0.05) is 7.11 Å². The van der Waals surface area contributed by atoms with Crippen LogP contribution in [0.3, 0.4) is 0 Å². The maximum Gasteiger partial charge on any atom is 0.162 e. The van der Waals surface area contributed by atoms with Crippen LogP contribution in [0.25, 0.3) is 0 Å². The standard InChI is InChI=1S/C14H19F2NO/c1-18-9-11-7-12(14(16)13(15)8-11)6-10-2-4-17-5-3-10/h7-8,10,17H,2-6,9H2,1H3. The van der Waals surface area contributed by atoms with E-state index in [9.17, 15) is 8.78 Å². The molecule has 100 valence electrons. The van der Waals surface area contributed by atoms with Crippen molar-refractivity contribution in [2.45, 2.75) is 25.9 Å². The van der Waals surface area contributed by atoms with E-state index in [0.717, 1.165) is 25.9 Å². The van der Waals surface area contributed by atoms with Crippen LogP contribution in [0, 0.1) is 17.6 Å². The zero-order valence-electron chi connectivity index (χ0n) is 10.6. The van der Waals surface area contributed by atoms with E-state index >= 15 is 0 Å². The first kappa shape index (κ1) is 13.4. The van der Waals surface area contributed by atoms with Crippen LogP contribution in [-0.4, -0.2) is 20.2 Å². The lowest BCUT2D eigenvalue weighted by Gasteiger charge is -2.23. The molecule has 1 aromatic rings. The number of halogens is 2. The molecule has 1 aromatic carbocycles. The third kappa shape index (κ3) is 3.27. The molecular weight excluding hydrogens is 236 g/mol. The molecule has 1 aliphatic heterocycles. The summed E-state index contributed by atoms with van der Waals surface area (Å²) in [5, 5.41) is 3.27. The monoisotopic (exact) mass is 255 g/mol. The van der Waals surface area contributed by atoms with Gasteiger partial charge in [-0.15, -0.1) is 0 Å². The predicted octanol–water partition coefficient (Wildman–Crippen LogP) is 2.65. The molecule has 0 aliphatic carbocycles. The fourth-order valence-corrected chi connectivity index (χ4v) is 2.50. The summed E-state index contributed by atoms with van der Waals surface area (Å²) >= 11 is 0. The summed E-state index contributed by atoms with van der Waals surface area (Å²) in [4.78, 5) is 0. The molecule has 1 heterocycles. The topological polar surface area (TPSA) is 21.3 Å². The second kappa shape index (κ2) is 6.25. The van der Waals surface area contributed by atoms with Crippen molar-refractivity contribution in [3.8, 4) is 0 Å². The van der Waals surface area contributed by atoms with Crippen LogP contribution in [0.1, 0.15) is 24.0 Å². The predicted molar refractivity (Wildman–Crippen MR) is 66.4 cm³/mol. The summed E-state index contributed by atoms with van der Waals surface area (Å²) in [5.41, 5.74) is 1.18. The second-order valence-corrected chi connectivity index (χ2v) is 4.88. The van der Waals surface area contributed by atoms with Crippen molar-refractivity contribution in [1.82, 2.24) is 5.32 Å². The molecule has 2 rings (SSSR count). The van der Waals surface area contributed by atoms with Gasteiger partial charge >= 0.3 is 0 Å². The summed E-state index contributed by atoms with van der Waals surface area (Å²) in [6, 6.07) is 2.94. The zero-order valence-corrected chi connectivity index (χ0v) is 10.6. The quantitative estimate of drug-likeness (QED) is 0.893. The van der Waals surface area contributed by atoms with E-state index in [1.807, 2.05) is 0 Å². The molecule has 1 fully saturated rings. The lowest BCUT2D eigenvalue weighted by atomic mass is 9.90. The summed E-state index contributed by atoms with van der Waals surface area (Å²) in [7, 11) is 1.55. The Hall–Kier alpha value is -1.00. The van der Waals surface area contributed by atoms with E-state index in [2.05, 4.69) is 5.32 Å². The summed E-state index contributed by atoms with van der Waals surface area (Å²) < 4.78 is 32.2. The van der Waals surface area contributed by atoms with Gasteiger partial charge in [-0.25, -0.2) is 8.78 Å². The van der Waals surface area contributed by atoms with Crippen LogP contribution in [0.2, 0.25) is 0 Å². The molecule has 18 heavy (non-hydrogen) atoms. The Morgan fingerprint density at radius 2 is 2.00 bits per heavy atom. The largest absolute Gasteiger partial charge is 0.380 e. The van der Waals surface area contributed by atoms with Gasteiger partial charge in [0.2, 0.25) is 0 Å². The maximum absolute atomic E-state index is 13.7. The van der Waals surface area contributed by atoms with Crippen molar-refractivity contribution in [3.63, 3.8) is 0 Å². The number of ether oxygens (including phenoxy) is 1. The Morgan fingerprint density at radius 3 is 2.67 bits per heavy atom. The number of hydrogen-bond donors (Lipinski definition) is 1. The van der Waals surface area contributed by atoms with Crippen molar-refractivity contribution in [2.75, 3.05) is 20.2 Å². The molecule has 4 heteroatoms. The van der Waals surface area contributed by atoms with Gasteiger partial charge in [0.1, 0.15) is 0 Å². The van der Waals surface area contributed by atoms with E-state index < -0.39 is 11.6 Å². The molecule has 0 spiro atoms. The van der Waals surface area contributed by atoms with Crippen molar-refractivity contribution in [2.24, 2.45) is 5.92 Å². The highest BCUT2D eigenvalue weighted by atomic mass is 19.2. The minimum atomic E-state index is -0.770. The van der Waals surface area contributed by atoms with Gasteiger partial charge in [0.15, 0.2) is 11.6 Å². The van der Waals surface area contributed by atoms with Gasteiger partial charge in [0.25, 0.3) is 0 Å². The average Bonchev–Trinajstić information content (AvgIpc) is 2.37. The van der Waals surface area contributed by atoms with Gasteiger partial charge in [-0.3, -0.25) is 0 Å². The minimum absolute atomic E-state index is 0.316. The van der Waals surface area contributed by atoms with Crippen LogP contribution in [0.4, 0.5) is 8.78 Å². The highest BCUT2D eigenvalue weighted by Crippen LogP contribution is 2.23. The lowest BCUT2D eigenvalue weighted by Crippen LogP contribution is -2.28. The van der Waals surface area contributed by atoms with Crippen LogP contribution >= 0.6 is 0 Å². The molecule has 1 aliphatic rings. The SMILES string of the molecule is COCc1cc(F)c(F)c(CC2CCNCC2)c1. The zero-order chi connectivity index (χ0) is 13.0. The molecule has 0 unspecified atom stereocenters. The Kier molecular flexibility index (Phi) is 4.66. The van der Waals surface area contributed by atoms with Gasteiger partial charge in [0.05, 0.1) is 6.61 Å². The minimum Gasteiger partial charge on any atom is -0.380 e. The highest BCUT2D eigenvalue weighted by molar-refractivity contribution is 5.26. The number of methoxy groups -OCH3 is 1. The first-order valence-corrected chi connectivity index (χ1v) is 6.37. The van der Waals surface area contributed by atoms with Gasteiger partial charge in [-0.2, -0.15) is 0 Å². The van der Waals surface area contributed by atoms with E-state index in [1.165, 1.54) is 6.07 Å². The fourth-order valence-electron chi connectivity index (χ4n) is 2.50. The molecule has 0 amide bonds. The van der Waals surface area contributed by atoms with Crippen LogP contribution in [0.5, 0.6) is 0 Å². The smallest absolute Gasteiger partial charge is 0.162 e. The molecule has 0 bridgehead atoms. The Balaban J connectivity index is 2.14. The van der Waals surface area contributed by atoms with Gasteiger partial charge < -0.3 is 10.1 Å². The number of hydrogen-bond acceptors (Lipinski definition) is 2. The molecule has 2 nitrogen and oxygen atoms in total. The first-order valence-electron chi connectivity index (χ1n) is 6.37. The Morgan fingerprint density at radius 1 is 1.28 bits per heavy atom. The summed E-state index contributed by atoms with van der Waals surface area (Å²) in [6.07, 6.45) is 2.66. The van der Waals surface area contributed by atoms with E-state index in [0.29, 0.717) is 30.1 Å². The number of nitrogens with one attached hydrogen (secondary N) is 1. The van der Waals surface area contributed by atoms with Crippen LogP contribution in [0.15, 0.2) is 12.1 Å². The number of rotatable bonds is 4. The van der Waals surface area contributed by atoms with E-state index in [1.54, 1.807) is 13.2 Å². The lowest BCUT2D eigenvalue weighted by molar-refractivity contribution is 0.184. The maximum atomic E-state index is 13.7. The summed E-state index contributed by atoms with van der Waals surface area (Å²) in [6.45, 7) is 2.25. The third-order valence-electron chi connectivity index (χ3n) is 3.44. The van der Waals surface area contributed by atoms with Crippen LogP contribution in [-0.2, 0) is 17.8 Å². The Labute approximate surface area is 106 Å². The van der Waals surface area contributed by atoms with Gasteiger partial charge in [-0.05, 0) is 55.5 Å². The first-order chi connectivity index (χ1) is 8.70. The van der Waals surface area contributed by atoms with Crippen molar-refractivity contribution in [3.05, 3.63) is 34.9 Å². The molecule has 0 saturated carbocycles. The third-order valence-corrected chi connectivity index (χ3v) is 3.44. The van der Waals surface area contributed by atoms with E-state index in [-0.39, 0.29) is 0 Å². The van der Waals surface area contributed by atoms with Crippen molar-refractivity contribution < 1.29 is 13.5 Å². The molecular formula is C14H19F2NO. The normalized spacial score (nSPS) is 17.1. The fraction of sp³-hybridized carbons (Fsp3) is 0.571. The van der Waals surface area contributed by atoms with Crippen molar-refractivity contribution in [1.29, 1.82) is 0 Å². The number of piperidine rings is 1. The van der Waals surface area contributed by atoms with Crippen molar-refractivity contribution >= 4 is 0 Å². The molecule has 1 N–H and O–H groups in total. The number of benzene rings is 1. The van der Waals surface area contributed by atoms with E-state index in [4.69, 9.17) is 4.74 Å².